The fourth-order valence-electron chi connectivity index (χ4n) is 1.34. The minimum absolute atomic E-state index is 0.0486. The van der Waals surface area contributed by atoms with Gasteiger partial charge >= 0.3 is 0 Å². The summed E-state index contributed by atoms with van der Waals surface area (Å²) in [6.45, 7) is 4.26. The lowest BCUT2D eigenvalue weighted by atomic mass is 10.0. The fraction of sp³-hybridized carbons (Fsp3) is 0.875. The van der Waals surface area contributed by atoms with E-state index in [9.17, 15) is 4.79 Å². The van der Waals surface area contributed by atoms with Gasteiger partial charge in [-0.05, 0) is 5.92 Å². The lowest BCUT2D eigenvalue weighted by Crippen LogP contribution is -2.32. The highest BCUT2D eigenvalue weighted by Gasteiger charge is 2.37. The first-order chi connectivity index (χ1) is 5.16. The molecule has 0 saturated carbocycles. The van der Waals surface area contributed by atoms with E-state index in [4.69, 9.17) is 9.47 Å². The van der Waals surface area contributed by atoms with Crippen LogP contribution >= 0.6 is 0 Å². The third-order valence-corrected chi connectivity index (χ3v) is 1.94. The zero-order valence-corrected chi connectivity index (χ0v) is 7.16. The first-order valence-electron chi connectivity index (χ1n) is 3.84. The number of ether oxygens (including phenoxy) is 2. The van der Waals surface area contributed by atoms with Crippen molar-refractivity contribution >= 4 is 5.78 Å². The molecule has 1 heterocycles. The molecule has 0 aromatic heterocycles. The second-order valence-corrected chi connectivity index (χ2v) is 3.14. The predicted molar refractivity (Wildman–Crippen MR) is 40.4 cm³/mol. The Hall–Kier alpha value is -0.410. The van der Waals surface area contributed by atoms with Crippen LogP contribution in [0.15, 0.2) is 0 Å². The third kappa shape index (κ3) is 1.60. The zero-order valence-electron chi connectivity index (χ0n) is 7.16. The molecule has 0 amide bonds. The van der Waals surface area contributed by atoms with Gasteiger partial charge in [-0.25, -0.2) is 0 Å². The third-order valence-electron chi connectivity index (χ3n) is 1.94. The molecular formula is C8H14O3. The first-order valence-corrected chi connectivity index (χ1v) is 3.84. The van der Waals surface area contributed by atoms with Crippen molar-refractivity contribution in [3.05, 3.63) is 0 Å². The average molecular weight is 158 g/mol. The van der Waals surface area contributed by atoms with Gasteiger partial charge in [0.2, 0.25) is 0 Å². The Bertz CT molecular complexity index is 153. The number of Topliss-reactive ketones (excluding diaryl/α,β-unsaturated/α-hetero) is 1. The summed E-state index contributed by atoms with van der Waals surface area (Å²) in [4.78, 5) is 11.1. The van der Waals surface area contributed by atoms with Crippen LogP contribution in [0.2, 0.25) is 0 Å². The van der Waals surface area contributed by atoms with E-state index in [2.05, 4.69) is 0 Å². The van der Waals surface area contributed by atoms with E-state index in [0.717, 1.165) is 0 Å². The van der Waals surface area contributed by atoms with E-state index in [1.807, 2.05) is 13.8 Å². The summed E-state index contributed by atoms with van der Waals surface area (Å²) in [7, 11) is 1.55. The maximum atomic E-state index is 11.1. The molecule has 0 aromatic rings. The quantitative estimate of drug-likeness (QED) is 0.591. The number of carbonyl (C=O) groups is 1. The van der Waals surface area contributed by atoms with Crippen LogP contribution in [0.5, 0.6) is 0 Å². The molecule has 0 spiro atoms. The highest BCUT2D eigenvalue weighted by molar-refractivity contribution is 5.86. The monoisotopic (exact) mass is 158 g/mol. The molecule has 11 heavy (non-hydrogen) atoms. The molecule has 0 bridgehead atoms. The van der Waals surface area contributed by atoms with Gasteiger partial charge in [0.25, 0.3) is 0 Å². The van der Waals surface area contributed by atoms with Crippen molar-refractivity contribution in [3.63, 3.8) is 0 Å². The molecule has 1 rings (SSSR count). The minimum atomic E-state index is -0.338. The number of hydrogen-bond acceptors (Lipinski definition) is 3. The molecule has 0 unspecified atom stereocenters. The number of ketones is 1. The molecule has 0 aliphatic carbocycles. The molecule has 3 nitrogen and oxygen atoms in total. The van der Waals surface area contributed by atoms with Crippen molar-refractivity contribution < 1.29 is 14.3 Å². The van der Waals surface area contributed by atoms with Crippen LogP contribution in [0.1, 0.15) is 13.8 Å². The van der Waals surface area contributed by atoms with Crippen LogP contribution in [0.25, 0.3) is 0 Å². The fourth-order valence-corrected chi connectivity index (χ4v) is 1.34. The largest absolute Gasteiger partial charge is 0.371 e. The zero-order chi connectivity index (χ0) is 8.43. The molecule has 2 atom stereocenters. The Labute approximate surface area is 66.7 Å². The molecule has 0 radical (unpaired) electrons. The number of rotatable bonds is 2. The van der Waals surface area contributed by atoms with Crippen LogP contribution in [0.4, 0.5) is 0 Å². The Morgan fingerprint density at radius 1 is 1.64 bits per heavy atom. The second kappa shape index (κ2) is 3.32. The van der Waals surface area contributed by atoms with Gasteiger partial charge in [0.15, 0.2) is 5.78 Å². The lowest BCUT2D eigenvalue weighted by Gasteiger charge is -2.18. The average Bonchev–Trinajstić information content (AvgIpc) is 2.30. The van der Waals surface area contributed by atoms with Crippen molar-refractivity contribution in [2.75, 3.05) is 13.7 Å². The van der Waals surface area contributed by atoms with E-state index >= 15 is 0 Å². The summed E-state index contributed by atoms with van der Waals surface area (Å²) >= 11 is 0. The van der Waals surface area contributed by atoms with E-state index < -0.39 is 0 Å². The van der Waals surface area contributed by atoms with Gasteiger partial charge in [-0.3, -0.25) is 4.79 Å². The number of hydrogen-bond donors (Lipinski definition) is 0. The Morgan fingerprint density at radius 3 is 2.64 bits per heavy atom. The smallest absolute Gasteiger partial charge is 0.189 e. The van der Waals surface area contributed by atoms with Crippen molar-refractivity contribution in [2.45, 2.75) is 26.1 Å². The van der Waals surface area contributed by atoms with Gasteiger partial charge in [0, 0.05) is 7.11 Å². The Kier molecular flexibility index (Phi) is 2.62. The molecule has 0 aromatic carbocycles. The molecule has 1 aliphatic rings. The predicted octanol–water partition coefficient (Wildman–Crippen LogP) is 0.625. The van der Waals surface area contributed by atoms with E-state index in [-0.39, 0.29) is 24.6 Å². The van der Waals surface area contributed by atoms with Crippen molar-refractivity contribution in [3.8, 4) is 0 Å². The molecule has 1 fully saturated rings. The molecular weight excluding hydrogens is 144 g/mol. The topological polar surface area (TPSA) is 35.5 Å². The standard InChI is InChI=1S/C8H14O3/c1-5(2)7-8(10-3)6(9)4-11-7/h5,7-8H,4H2,1-3H3/t7-,8-/m1/s1. The maximum Gasteiger partial charge on any atom is 0.189 e. The highest BCUT2D eigenvalue weighted by atomic mass is 16.6. The van der Waals surface area contributed by atoms with Crippen LogP contribution in [0.3, 0.4) is 0 Å². The molecule has 3 heteroatoms. The van der Waals surface area contributed by atoms with Crippen molar-refractivity contribution in [1.29, 1.82) is 0 Å². The summed E-state index contributed by atoms with van der Waals surface area (Å²) in [5.41, 5.74) is 0. The molecule has 0 N–H and O–H groups in total. The lowest BCUT2D eigenvalue weighted by molar-refractivity contribution is -0.125. The van der Waals surface area contributed by atoms with Gasteiger partial charge in [0.1, 0.15) is 12.7 Å². The van der Waals surface area contributed by atoms with Gasteiger partial charge in [0.05, 0.1) is 6.10 Å². The number of methoxy groups -OCH3 is 1. The summed E-state index contributed by atoms with van der Waals surface area (Å²) < 4.78 is 10.3. The summed E-state index contributed by atoms with van der Waals surface area (Å²) in [6.07, 6.45) is -0.387. The SMILES string of the molecule is CO[C@@H]1C(=O)CO[C@@H]1C(C)C. The van der Waals surface area contributed by atoms with Gasteiger partial charge in [-0.1, -0.05) is 13.8 Å². The van der Waals surface area contributed by atoms with E-state index in [1.165, 1.54) is 0 Å². The summed E-state index contributed by atoms with van der Waals surface area (Å²) in [6, 6.07) is 0. The molecule has 64 valence electrons. The van der Waals surface area contributed by atoms with Crippen molar-refractivity contribution in [1.82, 2.24) is 0 Å². The van der Waals surface area contributed by atoms with Crippen LogP contribution in [0, 0.1) is 5.92 Å². The Balaban J connectivity index is 2.61. The van der Waals surface area contributed by atoms with Crippen molar-refractivity contribution in [2.24, 2.45) is 5.92 Å². The maximum absolute atomic E-state index is 11.1. The van der Waals surface area contributed by atoms with Gasteiger partial charge < -0.3 is 9.47 Å². The first kappa shape index (κ1) is 8.68. The normalized spacial score (nSPS) is 31.8. The van der Waals surface area contributed by atoms with Crippen LogP contribution in [-0.2, 0) is 14.3 Å². The highest BCUT2D eigenvalue weighted by Crippen LogP contribution is 2.20. The Morgan fingerprint density at radius 2 is 2.27 bits per heavy atom. The molecule has 1 saturated heterocycles. The van der Waals surface area contributed by atoms with Gasteiger partial charge in [-0.2, -0.15) is 0 Å². The summed E-state index contributed by atoms with van der Waals surface area (Å²) in [5.74, 6) is 0.401. The van der Waals surface area contributed by atoms with Crippen LogP contribution < -0.4 is 0 Å². The summed E-state index contributed by atoms with van der Waals surface area (Å²) in [5, 5.41) is 0. The number of carbonyl (C=O) groups excluding carboxylic acids is 1. The minimum Gasteiger partial charge on any atom is -0.371 e. The molecule has 1 aliphatic heterocycles. The second-order valence-electron chi connectivity index (χ2n) is 3.14. The van der Waals surface area contributed by atoms with Crippen LogP contribution in [-0.4, -0.2) is 31.7 Å². The van der Waals surface area contributed by atoms with E-state index in [1.54, 1.807) is 7.11 Å². The van der Waals surface area contributed by atoms with E-state index in [0.29, 0.717) is 5.92 Å². The van der Waals surface area contributed by atoms with Gasteiger partial charge in [-0.15, -0.1) is 0 Å².